The summed E-state index contributed by atoms with van der Waals surface area (Å²) in [4.78, 5) is 35.4. The summed E-state index contributed by atoms with van der Waals surface area (Å²) in [6, 6.07) is 0. The van der Waals surface area contributed by atoms with Gasteiger partial charge in [-0.2, -0.15) is 0 Å². The summed E-state index contributed by atoms with van der Waals surface area (Å²) in [5.41, 5.74) is -0.708. The molecule has 3 aliphatic rings. The molecule has 5 atom stereocenters. The van der Waals surface area contributed by atoms with Crippen LogP contribution in [-0.4, -0.2) is 24.0 Å². The van der Waals surface area contributed by atoms with E-state index in [0.29, 0.717) is 12.3 Å². The van der Waals surface area contributed by atoms with Gasteiger partial charge in [-0.25, -0.2) is 0 Å². The number of hydrogen-bond acceptors (Lipinski definition) is 5. The molecule has 1 spiro atoms. The van der Waals surface area contributed by atoms with E-state index in [1.807, 2.05) is 13.8 Å². The third-order valence-corrected chi connectivity index (χ3v) is 5.32. The minimum absolute atomic E-state index is 0.0422. The predicted molar refractivity (Wildman–Crippen MR) is 68.3 cm³/mol. The maximum atomic E-state index is 12.0. The SMILES string of the molecule is CCC(C)C(=O)OC1CC2CC1C1(CC(=O)OC1=O)C2. The van der Waals surface area contributed by atoms with Gasteiger partial charge in [0.05, 0.1) is 17.8 Å². The highest BCUT2D eigenvalue weighted by atomic mass is 16.6. The highest BCUT2D eigenvalue weighted by molar-refractivity contribution is 5.98. The van der Waals surface area contributed by atoms with Crippen LogP contribution in [0.1, 0.15) is 46.0 Å². The smallest absolute Gasteiger partial charge is 0.320 e. The second-order valence-corrected chi connectivity index (χ2v) is 6.53. The van der Waals surface area contributed by atoms with Crippen molar-refractivity contribution in [3.63, 3.8) is 0 Å². The second kappa shape index (κ2) is 4.57. The first kappa shape index (κ1) is 13.6. The number of carbonyl (C=O) groups excluding carboxylic acids is 3. The topological polar surface area (TPSA) is 69.7 Å². The van der Waals surface area contributed by atoms with Crippen LogP contribution in [0.15, 0.2) is 0 Å². The van der Waals surface area contributed by atoms with E-state index >= 15 is 0 Å². The Kier molecular flexibility index (Phi) is 3.10. The van der Waals surface area contributed by atoms with Crippen molar-refractivity contribution in [3.05, 3.63) is 0 Å². The Labute approximate surface area is 118 Å². The summed E-state index contributed by atoms with van der Waals surface area (Å²) in [6.07, 6.45) is 3.06. The Morgan fingerprint density at radius 2 is 2.20 bits per heavy atom. The van der Waals surface area contributed by atoms with E-state index in [1.165, 1.54) is 0 Å². The molecule has 5 unspecified atom stereocenters. The van der Waals surface area contributed by atoms with Crippen molar-refractivity contribution < 1.29 is 23.9 Å². The fourth-order valence-corrected chi connectivity index (χ4v) is 4.09. The number of ether oxygens (including phenoxy) is 2. The molecule has 0 amide bonds. The van der Waals surface area contributed by atoms with Crippen molar-refractivity contribution >= 4 is 17.9 Å². The van der Waals surface area contributed by atoms with Crippen LogP contribution in [0.25, 0.3) is 0 Å². The van der Waals surface area contributed by atoms with E-state index < -0.39 is 17.4 Å². The molecule has 2 saturated carbocycles. The Morgan fingerprint density at radius 3 is 2.75 bits per heavy atom. The molecular formula is C15H20O5. The summed E-state index contributed by atoms with van der Waals surface area (Å²) in [7, 11) is 0. The Hall–Kier alpha value is -1.39. The molecule has 0 aromatic rings. The van der Waals surface area contributed by atoms with Gasteiger partial charge in [0.1, 0.15) is 6.10 Å². The normalized spacial score (nSPS) is 40.2. The standard InChI is InChI=1S/C15H20O5/c1-3-8(2)13(17)19-11-5-9-4-10(11)15(6-9)7-12(16)20-14(15)18/h8-11H,3-7H2,1-2H3. The van der Waals surface area contributed by atoms with Gasteiger partial charge in [-0.3, -0.25) is 14.4 Å². The molecule has 20 heavy (non-hydrogen) atoms. The molecule has 3 fully saturated rings. The third-order valence-electron chi connectivity index (χ3n) is 5.32. The monoisotopic (exact) mass is 280 g/mol. The van der Waals surface area contributed by atoms with Crippen LogP contribution in [-0.2, 0) is 23.9 Å². The van der Waals surface area contributed by atoms with Crippen LogP contribution < -0.4 is 0 Å². The summed E-state index contributed by atoms with van der Waals surface area (Å²) >= 11 is 0. The van der Waals surface area contributed by atoms with Crippen LogP contribution in [0.4, 0.5) is 0 Å². The van der Waals surface area contributed by atoms with Crippen LogP contribution in [0.5, 0.6) is 0 Å². The summed E-state index contributed by atoms with van der Waals surface area (Å²) in [6.45, 7) is 3.79. The molecule has 3 rings (SSSR count). The fraction of sp³-hybridized carbons (Fsp3) is 0.800. The number of cyclic esters (lactones) is 2. The lowest BCUT2D eigenvalue weighted by Gasteiger charge is -2.34. The molecule has 0 radical (unpaired) electrons. The lowest BCUT2D eigenvalue weighted by Crippen LogP contribution is -2.41. The molecule has 1 saturated heterocycles. The number of fused-ring (bicyclic) bond motifs is 3. The molecule has 0 aromatic heterocycles. The largest absolute Gasteiger partial charge is 0.462 e. The zero-order valence-corrected chi connectivity index (χ0v) is 11.9. The van der Waals surface area contributed by atoms with Crippen molar-refractivity contribution in [1.82, 2.24) is 0 Å². The van der Waals surface area contributed by atoms with Gasteiger partial charge in [0.15, 0.2) is 0 Å². The van der Waals surface area contributed by atoms with Gasteiger partial charge in [0, 0.05) is 5.92 Å². The molecule has 5 nitrogen and oxygen atoms in total. The van der Waals surface area contributed by atoms with E-state index in [1.54, 1.807) is 0 Å². The molecule has 1 aliphatic heterocycles. The van der Waals surface area contributed by atoms with E-state index in [-0.39, 0.29) is 30.3 Å². The molecule has 0 aromatic carbocycles. The zero-order valence-electron chi connectivity index (χ0n) is 11.9. The molecule has 110 valence electrons. The van der Waals surface area contributed by atoms with Gasteiger partial charge in [0.2, 0.25) is 0 Å². The molecular weight excluding hydrogens is 260 g/mol. The first-order valence-electron chi connectivity index (χ1n) is 7.42. The van der Waals surface area contributed by atoms with E-state index in [9.17, 15) is 14.4 Å². The first-order chi connectivity index (χ1) is 9.46. The highest BCUT2D eigenvalue weighted by Crippen LogP contribution is 2.60. The highest BCUT2D eigenvalue weighted by Gasteiger charge is 2.65. The van der Waals surface area contributed by atoms with Gasteiger partial charge in [-0.15, -0.1) is 0 Å². The number of carbonyl (C=O) groups is 3. The van der Waals surface area contributed by atoms with E-state index in [2.05, 4.69) is 0 Å². The second-order valence-electron chi connectivity index (χ2n) is 6.53. The number of hydrogen-bond donors (Lipinski definition) is 0. The third kappa shape index (κ3) is 1.86. The van der Waals surface area contributed by atoms with Crippen molar-refractivity contribution in [3.8, 4) is 0 Å². The van der Waals surface area contributed by atoms with Crippen LogP contribution in [0, 0.1) is 23.2 Å². The summed E-state index contributed by atoms with van der Waals surface area (Å²) < 4.78 is 10.4. The molecule has 1 heterocycles. The van der Waals surface area contributed by atoms with Crippen LogP contribution in [0.3, 0.4) is 0 Å². The van der Waals surface area contributed by atoms with Crippen LogP contribution >= 0.6 is 0 Å². The van der Waals surface area contributed by atoms with Gasteiger partial charge >= 0.3 is 17.9 Å². The Bertz CT molecular complexity index is 471. The maximum Gasteiger partial charge on any atom is 0.320 e. The van der Waals surface area contributed by atoms with Crippen LogP contribution in [0.2, 0.25) is 0 Å². The number of rotatable bonds is 3. The zero-order chi connectivity index (χ0) is 14.5. The van der Waals surface area contributed by atoms with Gasteiger partial charge in [0.25, 0.3) is 0 Å². The van der Waals surface area contributed by atoms with E-state index in [0.717, 1.165) is 19.3 Å². The Balaban J connectivity index is 1.75. The van der Waals surface area contributed by atoms with Crippen molar-refractivity contribution in [2.24, 2.45) is 23.2 Å². The molecule has 2 bridgehead atoms. The van der Waals surface area contributed by atoms with Crippen molar-refractivity contribution in [2.75, 3.05) is 0 Å². The van der Waals surface area contributed by atoms with Gasteiger partial charge < -0.3 is 9.47 Å². The van der Waals surface area contributed by atoms with Crippen molar-refractivity contribution in [2.45, 2.75) is 52.1 Å². The molecule has 5 heteroatoms. The number of esters is 3. The van der Waals surface area contributed by atoms with Crippen molar-refractivity contribution in [1.29, 1.82) is 0 Å². The molecule has 2 aliphatic carbocycles. The first-order valence-corrected chi connectivity index (χ1v) is 7.42. The minimum Gasteiger partial charge on any atom is -0.462 e. The molecule has 0 N–H and O–H groups in total. The van der Waals surface area contributed by atoms with E-state index in [4.69, 9.17) is 9.47 Å². The average Bonchev–Trinajstić information content (AvgIpc) is 3.02. The van der Waals surface area contributed by atoms with Gasteiger partial charge in [-0.05, 0) is 31.6 Å². The minimum atomic E-state index is -0.708. The van der Waals surface area contributed by atoms with Gasteiger partial charge in [-0.1, -0.05) is 13.8 Å². The maximum absolute atomic E-state index is 12.0. The Morgan fingerprint density at radius 1 is 1.45 bits per heavy atom. The lowest BCUT2D eigenvalue weighted by atomic mass is 9.71. The lowest BCUT2D eigenvalue weighted by molar-refractivity contribution is -0.166. The predicted octanol–water partition coefficient (Wildman–Crippen LogP) is 1.83. The quantitative estimate of drug-likeness (QED) is 0.582. The summed E-state index contributed by atoms with van der Waals surface area (Å²) in [5.74, 6) is -0.832. The summed E-state index contributed by atoms with van der Waals surface area (Å²) in [5, 5.41) is 0. The fourth-order valence-electron chi connectivity index (χ4n) is 4.09. The average molecular weight is 280 g/mol.